The Labute approximate surface area is 201 Å². The number of piperazine rings is 1. The molecule has 188 valence electrons. The van der Waals surface area contributed by atoms with Gasteiger partial charge in [0.15, 0.2) is 0 Å². The van der Waals surface area contributed by atoms with Gasteiger partial charge in [-0.1, -0.05) is 25.5 Å². The molecule has 2 atom stereocenters. The molecule has 1 aliphatic heterocycles. The minimum absolute atomic E-state index is 0.0129. The summed E-state index contributed by atoms with van der Waals surface area (Å²) in [6, 6.07) is 0.0322. The van der Waals surface area contributed by atoms with Crippen molar-refractivity contribution < 1.29 is 9.59 Å². The summed E-state index contributed by atoms with van der Waals surface area (Å²) in [6.07, 6.45) is 4.81. The van der Waals surface area contributed by atoms with Crippen molar-refractivity contribution >= 4 is 12.1 Å². The number of allylic oxidation sites excluding steroid dienone is 1. The molecule has 4 amide bonds. The molecular formula is C26H47N5O2. The van der Waals surface area contributed by atoms with E-state index in [1.54, 1.807) is 0 Å². The van der Waals surface area contributed by atoms with Crippen LogP contribution in [0.1, 0.15) is 68.2 Å². The molecule has 3 aliphatic carbocycles. The fraction of sp³-hybridized carbons (Fsp3) is 0.846. The van der Waals surface area contributed by atoms with Gasteiger partial charge in [-0.2, -0.15) is 0 Å². The number of fused-ring (bicyclic) bond motifs is 1. The molecule has 0 spiro atoms. The van der Waals surface area contributed by atoms with E-state index in [4.69, 9.17) is 0 Å². The molecule has 0 aromatic rings. The third-order valence-electron chi connectivity index (χ3n) is 7.55. The minimum Gasteiger partial charge on any atom is -0.333 e. The van der Waals surface area contributed by atoms with E-state index in [0.717, 1.165) is 51.6 Å². The Bertz CT molecular complexity index is 754. The molecular weight excluding hydrogens is 414 g/mol. The van der Waals surface area contributed by atoms with Crippen LogP contribution in [0.2, 0.25) is 0 Å². The first-order valence-corrected chi connectivity index (χ1v) is 12.7. The molecule has 0 radical (unpaired) electrons. The third-order valence-corrected chi connectivity index (χ3v) is 7.55. The van der Waals surface area contributed by atoms with Crippen LogP contribution >= 0.6 is 0 Å². The molecule has 4 aliphatic rings. The molecule has 2 bridgehead atoms. The van der Waals surface area contributed by atoms with Gasteiger partial charge in [0.2, 0.25) is 0 Å². The average Bonchev–Trinajstić information content (AvgIpc) is 2.68. The number of carbonyl (C=O) groups excluding carboxylic acids is 2. The first-order chi connectivity index (χ1) is 15.2. The van der Waals surface area contributed by atoms with Gasteiger partial charge in [-0.3, -0.25) is 4.90 Å². The summed E-state index contributed by atoms with van der Waals surface area (Å²) in [5, 5.41) is 6.22. The Morgan fingerprint density at radius 2 is 1.64 bits per heavy atom. The second kappa shape index (κ2) is 9.47. The van der Waals surface area contributed by atoms with E-state index in [1.165, 1.54) is 12.0 Å². The van der Waals surface area contributed by atoms with Gasteiger partial charge in [0, 0.05) is 56.9 Å². The predicted molar refractivity (Wildman–Crippen MR) is 134 cm³/mol. The highest BCUT2D eigenvalue weighted by Gasteiger charge is 2.51. The molecule has 1 heterocycles. The second-order valence-electron chi connectivity index (χ2n) is 12.9. The summed E-state index contributed by atoms with van der Waals surface area (Å²) in [5.74, 6) is 1.40. The van der Waals surface area contributed by atoms with Crippen molar-refractivity contribution in [3.8, 4) is 0 Å². The van der Waals surface area contributed by atoms with Gasteiger partial charge in [-0.05, 0) is 71.6 Å². The molecule has 33 heavy (non-hydrogen) atoms. The van der Waals surface area contributed by atoms with Crippen LogP contribution in [-0.4, -0.2) is 83.7 Å². The number of amides is 4. The van der Waals surface area contributed by atoms with Crippen LogP contribution in [-0.2, 0) is 0 Å². The molecule has 7 heteroatoms. The Balaban J connectivity index is 1.56. The van der Waals surface area contributed by atoms with Crippen LogP contribution in [0, 0.1) is 17.3 Å². The van der Waals surface area contributed by atoms with Crippen LogP contribution in [0.15, 0.2) is 11.6 Å². The van der Waals surface area contributed by atoms with Crippen LogP contribution in [0.5, 0.6) is 0 Å². The topological polar surface area (TPSA) is 67.9 Å². The van der Waals surface area contributed by atoms with E-state index >= 15 is 0 Å². The summed E-state index contributed by atoms with van der Waals surface area (Å²) in [6.45, 7) is 22.2. The summed E-state index contributed by atoms with van der Waals surface area (Å²) in [7, 11) is 0. The Hall–Kier alpha value is -1.76. The summed E-state index contributed by atoms with van der Waals surface area (Å²) < 4.78 is 0. The number of nitrogens with zero attached hydrogens (tertiary/aromatic N) is 3. The van der Waals surface area contributed by atoms with E-state index in [0.29, 0.717) is 17.9 Å². The highest BCUT2D eigenvalue weighted by molar-refractivity contribution is 5.75. The van der Waals surface area contributed by atoms with E-state index in [2.05, 4.69) is 35.5 Å². The summed E-state index contributed by atoms with van der Waals surface area (Å²) in [4.78, 5) is 31.9. The van der Waals surface area contributed by atoms with Gasteiger partial charge >= 0.3 is 12.1 Å². The molecule has 2 unspecified atom stereocenters. The highest BCUT2D eigenvalue weighted by Crippen LogP contribution is 2.59. The maximum Gasteiger partial charge on any atom is 0.318 e. The zero-order chi connectivity index (χ0) is 24.6. The molecule has 2 fully saturated rings. The molecule has 1 saturated carbocycles. The second-order valence-corrected chi connectivity index (χ2v) is 12.9. The fourth-order valence-electron chi connectivity index (χ4n) is 5.37. The zero-order valence-corrected chi connectivity index (χ0v) is 22.3. The first-order valence-electron chi connectivity index (χ1n) is 12.7. The van der Waals surface area contributed by atoms with Crippen LogP contribution < -0.4 is 10.6 Å². The van der Waals surface area contributed by atoms with E-state index in [9.17, 15) is 9.59 Å². The van der Waals surface area contributed by atoms with Gasteiger partial charge in [0.05, 0.1) is 0 Å². The van der Waals surface area contributed by atoms with Crippen molar-refractivity contribution in [3.63, 3.8) is 0 Å². The van der Waals surface area contributed by atoms with Gasteiger partial charge in [0.1, 0.15) is 0 Å². The number of nitrogens with one attached hydrogen (secondary N) is 2. The maximum absolute atomic E-state index is 13.2. The smallest absolute Gasteiger partial charge is 0.318 e. The lowest BCUT2D eigenvalue weighted by atomic mass is 9.49. The lowest BCUT2D eigenvalue weighted by Crippen LogP contribution is -2.57. The number of hydrogen-bond donors (Lipinski definition) is 2. The standard InChI is InChI=1S/C26H47N5O2/c1-24(2,3)27-22(32)30-14-11-29(12-15-30)13-16-31(23(33)28-25(4,5)6)18-19-9-10-20-17-21(19)26(20,7)8/h9,20-21H,10-18H2,1-8H3,(H,27,32)(H,28,33). The monoisotopic (exact) mass is 461 g/mol. The van der Waals surface area contributed by atoms with Crippen molar-refractivity contribution in [1.82, 2.24) is 25.3 Å². The zero-order valence-electron chi connectivity index (χ0n) is 22.3. The first kappa shape index (κ1) is 25.9. The molecule has 4 rings (SSSR count). The number of carbonyl (C=O) groups is 2. The quantitative estimate of drug-likeness (QED) is 0.610. The number of rotatable bonds is 5. The van der Waals surface area contributed by atoms with Gasteiger partial charge in [-0.15, -0.1) is 0 Å². The number of hydrogen-bond acceptors (Lipinski definition) is 3. The Kier molecular flexibility index (Phi) is 7.42. The van der Waals surface area contributed by atoms with Crippen LogP contribution in [0.4, 0.5) is 9.59 Å². The predicted octanol–water partition coefficient (Wildman–Crippen LogP) is 3.91. The maximum atomic E-state index is 13.2. The van der Waals surface area contributed by atoms with Crippen molar-refractivity contribution in [3.05, 3.63) is 11.6 Å². The normalized spacial score (nSPS) is 25.1. The lowest BCUT2D eigenvalue weighted by Gasteiger charge is -2.57. The SMILES string of the molecule is CC(C)(C)NC(=O)N1CCN(CCN(CC2=CCC3CC2C3(C)C)C(=O)NC(C)(C)C)CC1. The van der Waals surface area contributed by atoms with E-state index < -0.39 is 0 Å². The van der Waals surface area contributed by atoms with Crippen molar-refractivity contribution in [2.75, 3.05) is 45.8 Å². The van der Waals surface area contributed by atoms with Gasteiger partial charge in [-0.25, -0.2) is 9.59 Å². The third kappa shape index (κ3) is 6.65. The van der Waals surface area contributed by atoms with Crippen molar-refractivity contribution in [2.24, 2.45) is 17.3 Å². The van der Waals surface area contributed by atoms with Gasteiger partial charge < -0.3 is 20.4 Å². The molecule has 0 aromatic carbocycles. The fourth-order valence-corrected chi connectivity index (χ4v) is 5.37. The lowest BCUT2D eigenvalue weighted by molar-refractivity contribution is -0.00989. The summed E-state index contributed by atoms with van der Waals surface area (Å²) in [5.41, 5.74) is 1.32. The van der Waals surface area contributed by atoms with Crippen LogP contribution in [0.25, 0.3) is 0 Å². The van der Waals surface area contributed by atoms with Crippen molar-refractivity contribution in [1.29, 1.82) is 0 Å². The summed E-state index contributed by atoms with van der Waals surface area (Å²) >= 11 is 0. The Morgan fingerprint density at radius 3 is 2.15 bits per heavy atom. The largest absolute Gasteiger partial charge is 0.333 e. The molecule has 0 aromatic heterocycles. The van der Waals surface area contributed by atoms with Gasteiger partial charge in [0.25, 0.3) is 0 Å². The number of urea groups is 2. The van der Waals surface area contributed by atoms with E-state index in [1.807, 2.05) is 51.3 Å². The highest BCUT2D eigenvalue weighted by atomic mass is 16.2. The van der Waals surface area contributed by atoms with Crippen LogP contribution in [0.3, 0.4) is 0 Å². The molecule has 1 saturated heterocycles. The van der Waals surface area contributed by atoms with Crippen molar-refractivity contribution in [2.45, 2.75) is 79.3 Å². The molecule has 2 N–H and O–H groups in total. The minimum atomic E-state index is -0.261. The molecule has 7 nitrogen and oxygen atoms in total. The van der Waals surface area contributed by atoms with E-state index in [-0.39, 0.29) is 23.1 Å². The average molecular weight is 462 g/mol. The Morgan fingerprint density at radius 1 is 1.03 bits per heavy atom.